The van der Waals surface area contributed by atoms with E-state index in [1.165, 1.54) is 0 Å². The third-order valence-electron chi connectivity index (χ3n) is 4.62. The maximum atomic E-state index is 12.8. The molecule has 0 bridgehead atoms. The van der Waals surface area contributed by atoms with Crippen LogP contribution in [0.5, 0.6) is 0 Å². The van der Waals surface area contributed by atoms with Gasteiger partial charge >= 0.3 is 0 Å². The topological polar surface area (TPSA) is 49.4 Å². The van der Waals surface area contributed by atoms with Crippen molar-refractivity contribution in [1.29, 1.82) is 0 Å². The van der Waals surface area contributed by atoms with E-state index in [-0.39, 0.29) is 10.9 Å². The molecule has 2 aromatic rings. The smallest absolute Gasteiger partial charge is 0.261 e. The normalized spacial score (nSPS) is 15.9. The average molecular weight is 369 g/mol. The predicted molar refractivity (Wildman–Crippen MR) is 105 cm³/mol. The van der Waals surface area contributed by atoms with Gasteiger partial charge in [-0.2, -0.15) is 0 Å². The van der Waals surface area contributed by atoms with Crippen LogP contribution in [0, 0.1) is 18.8 Å². The van der Waals surface area contributed by atoms with Crippen molar-refractivity contribution in [2.75, 3.05) is 17.8 Å². The molecule has 0 aromatic heterocycles. The number of hydrogen-bond donors (Lipinski definition) is 1. The summed E-state index contributed by atoms with van der Waals surface area (Å²) in [7, 11) is -3.64. The summed E-state index contributed by atoms with van der Waals surface area (Å²) in [6.45, 7) is 5.72. The van der Waals surface area contributed by atoms with E-state index in [2.05, 4.69) is 21.5 Å². The lowest BCUT2D eigenvalue weighted by molar-refractivity contribution is 0.297. The van der Waals surface area contributed by atoms with Crippen molar-refractivity contribution in [2.45, 2.75) is 37.6 Å². The third-order valence-corrected chi connectivity index (χ3v) is 6.00. The minimum Gasteiger partial charge on any atom is -0.286 e. The highest BCUT2D eigenvalue weighted by molar-refractivity contribution is 7.92. The molecule has 0 spiro atoms. The lowest BCUT2D eigenvalue weighted by atomic mass is 10.0. The van der Waals surface area contributed by atoms with Crippen molar-refractivity contribution >= 4 is 15.7 Å². The number of benzene rings is 2. The fourth-order valence-corrected chi connectivity index (χ4v) is 4.34. The van der Waals surface area contributed by atoms with Crippen molar-refractivity contribution in [3.05, 3.63) is 59.7 Å². The largest absolute Gasteiger partial charge is 0.286 e. The van der Waals surface area contributed by atoms with Gasteiger partial charge in [0.1, 0.15) is 0 Å². The standard InChI is InChI=1S/C21H24N2O2S/c1-3-8-21(23-15-6-7-16-23)19-9-4-5-10-20(19)22-26(24,25)18-13-11-17(2)12-14-18/h4-5,9-14,21-22H,6-7,15-16H2,1-2H3. The maximum absolute atomic E-state index is 12.8. The lowest BCUT2D eigenvalue weighted by Crippen LogP contribution is -2.26. The molecule has 0 amide bonds. The van der Waals surface area contributed by atoms with Crippen molar-refractivity contribution < 1.29 is 8.42 Å². The first-order chi connectivity index (χ1) is 12.5. The zero-order valence-electron chi connectivity index (χ0n) is 15.2. The van der Waals surface area contributed by atoms with Crippen LogP contribution in [0.25, 0.3) is 0 Å². The predicted octanol–water partition coefficient (Wildman–Crippen LogP) is 3.96. The van der Waals surface area contributed by atoms with Gasteiger partial charge in [-0.25, -0.2) is 8.42 Å². The Morgan fingerprint density at radius 1 is 1.04 bits per heavy atom. The van der Waals surface area contributed by atoms with Crippen LogP contribution in [0.1, 0.15) is 36.9 Å². The van der Waals surface area contributed by atoms with Crippen LogP contribution in [-0.2, 0) is 10.0 Å². The van der Waals surface area contributed by atoms with E-state index in [0.717, 1.165) is 37.1 Å². The first kappa shape index (κ1) is 18.5. The molecule has 5 heteroatoms. The highest BCUT2D eigenvalue weighted by atomic mass is 32.2. The molecule has 1 heterocycles. The third kappa shape index (κ3) is 4.09. The molecule has 1 N–H and O–H groups in total. The zero-order chi connectivity index (χ0) is 18.6. The monoisotopic (exact) mass is 368 g/mol. The summed E-state index contributed by atoms with van der Waals surface area (Å²) in [6.07, 6.45) is 2.30. The van der Waals surface area contributed by atoms with E-state index in [1.807, 2.05) is 38.1 Å². The van der Waals surface area contributed by atoms with Crippen LogP contribution in [0.3, 0.4) is 0 Å². The molecule has 0 saturated carbocycles. The summed E-state index contributed by atoms with van der Waals surface area (Å²) in [5.41, 5.74) is 2.52. The van der Waals surface area contributed by atoms with Crippen molar-refractivity contribution in [3.8, 4) is 11.8 Å². The molecular weight excluding hydrogens is 344 g/mol. The molecule has 1 fully saturated rings. The number of hydrogen-bond acceptors (Lipinski definition) is 3. The van der Waals surface area contributed by atoms with E-state index in [9.17, 15) is 8.42 Å². The number of aryl methyl sites for hydroxylation is 1. The number of nitrogens with one attached hydrogen (secondary N) is 1. The minimum atomic E-state index is -3.64. The van der Waals surface area contributed by atoms with Crippen LogP contribution in [0.2, 0.25) is 0 Å². The van der Waals surface area contributed by atoms with Crippen molar-refractivity contribution in [1.82, 2.24) is 4.90 Å². The molecular formula is C21H24N2O2S. The Hall–Kier alpha value is -2.29. The van der Waals surface area contributed by atoms with Gasteiger partial charge in [0.2, 0.25) is 0 Å². The first-order valence-corrected chi connectivity index (χ1v) is 10.3. The van der Waals surface area contributed by atoms with Crippen molar-refractivity contribution in [2.24, 2.45) is 0 Å². The van der Waals surface area contributed by atoms with Crippen LogP contribution >= 0.6 is 0 Å². The Morgan fingerprint density at radius 3 is 2.35 bits per heavy atom. The summed E-state index contributed by atoms with van der Waals surface area (Å²) in [4.78, 5) is 2.58. The number of anilines is 1. The van der Waals surface area contributed by atoms with E-state index < -0.39 is 10.0 Å². The number of nitrogens with zero attached hydrogens (tertiary/aromatic N) is 1. The Labute approximate surface area is 156 Å². The molecule has 3 rings (SSSR count). The lowest BCUT2D eigenvalue weighted by Gasteiger charge is -2.25. The molecule has 2 aromatic carbocycles. The van der Waals surface area contributed by atoms with E-state index in [4.69, 9.17) is 0 Å². The fourth-order valence-electron chi connectivity index (χ4n) is 3.25. The number of rotatable bonds is 5. The molecule has 26 heavy (non-hydrogen) atoms. The molecule has 0 radical (unpaired) electrons. The van der Waals surface area contributed by atoms with Gasteiger partial charge in [0.15, 0.2) is 0 Å². The van der Waals surface area contributed by atoms with Gasteiger partial charge < -0.3 is 0 Å². The molecule has 4 nitrogen and oxygen atoms in total. The molecule has 136 valence electrons. The number of para-hydroxylation sites is 1. The molecule has 1 atom stereocenters. The number of sulfonamides is 1. The zero-order valence-corrected chi connectivity index (χ0v) is 16.0. The Balaban J connectivity index is 1.95. The SMILES string of the molecule is CC#CC(c1ccccc1NS(=O)(=O)c1ccc(C)cc1)N1CCCC1. The van der Waals surface area contributed by atoms with Gasteiger partial charge in [0, 0.05) is 5.56 Å². The van der Waals surface area contributed by atoms with E-state index in [0.29, 0.717) is 5.69 Å². The van der Waals surface area contributed by atoms with Gasteiger partial charge in [0.25, 0.3) is 10.0 Å². The summed E-state index contributed by atoms with van der Waals surface area (Å²) in [5.74, 6) is 6.26. The van der Waals surface area contributed by atoms with Crippen LogP contribution in [-0.4, -0.2) is 26.4 Å². The fraction of sp³-hybridized carbons (Fsp3) is 0.333. The quantitative estimate of drug-likeness (QED) is 0.813. The first-order valence-electron chi connectivity index (χ1n) is 8.86. The summed E-state index contributed by atoms with van der Waals surface area (Å²) in [6, 6.07) is 14.3. The van der Waals surface area contributed by atoms with Gasteiger partial charge in [-0.1, -0.05) is 41.8 Å². The second kappa shape index (κ2) is 7.94. The highest BCUT2D eigenvalue weighted by Crippen LogP contribution is 2.31. The summed E-state index contributed by atoms with van der Waals surface area (Å²) >= 11 is 0. The molecule has 1 unspecified atom stereocenters. The summed E-state index contributed by atoms with van der Waals surface area (Å²) < 4.78 is 28.4. The number of likely N-dealkylation sites (tertiary alicyclic amines) is 1. The maximum Gasteiger partial charge on any atom is 0.261 e. The van der Waals surface area contributed by atoms with Gasteiger partial charge in [0.05, 0.1) is 16.6 Å². The Kier molecular flexibility index (Phi) is 5.65. The van der Waals surface area contributed by atoms with Gasteiger partial charge in [-0.3, -0.25) is 9.62 Å². The molecule has 1 aliphatic rings. The van der Waals surface area contributed by atoms with Crippen LogP contribution in [0.15, 0.2) is 53.4 Å². The van der Waals surface area contributed by atoms with Gasteiger partial charge in [-0.15, -0.1) is 5.92 Å². The molecule has 0 aliphatic carbocycles. The van der Waals surface area contributed by atoms with Crippen LogP contribution in [0.4, 0.5) is 5.69 Å². The van der Waals surface area contributed by atoms with Crippen molar-refractivity contribution in [3.63, 3.8) is 0 Å². The minimum absolute atomic E-state index is 0.0978. The average Bonchev–Trinajstić information content (AvgIpc) is 3.15. The van der Waals surface area contributed by atoms with E-state index in [1.54, 1.807) is 24.3 Å². The summed E-state index contributed by atoms with van der Waals surface area (Å²) in [5, 5.41) is 0. The molecule has 1 aliphatic heterocycles. The Bertz CT molecular complexity index is 918. The molecule has 1 saturated heterocycles. The van der Waals surface area contributed by atoms with Crippen LogP contribution < -0.4 is 4.72 Å². The second-order valence-corrected chi connectivity index (χ2v) is 8.23. The van der Waals surface area contributed by atoms with Gasteiger partial charge in [-0.05, 0) is 58.0 Å². The Morgan fingerprint density at radius 2 is 1.69 bits per heavy atom. The second-order valence-electron chi connectivity index (χ2n) is 6.55. The highest BCUT2D eigenvalue weighted by Gasteiger charge is 2.25. The van der Waals surface area contributed by atoms with E-state index >= 15 is 0 Å².